The molecular weight excluding hydrogens is 300 g/mol. The van der Waals surface area contributed by atoms with Gasteiger partial charge < -0.3 is 0 Å². The lowest BCUT2D eigenvalue weighted by atomic mass is 10.0. The fraction of sp³-hybridized carbons (Fsp3) is 0.500. The fourth-order valence-electron chi connectivity index (χ4n) is 1.87. The standard InChI is InChI=1S/C12H17ClN4S2/c1-4-9-7-17(15-8(9)2)12(14-3)16-19-11-6-5-10(13)18-11/h5-6,9H,4,7H2,1-3H3,(H,14,16). The van der Waals surface area contributed by atoms with Crippen molar-refractivity contribution in [1.82, 2.24) is 9.73 Å². The molecule has 19 heavy (non-hydrogen) atoms. The quantitative estimate of drug-likeness (QED) is 0.525. The summed E-state index contributed by atoms with van der Waals surface area (Å²) in [6, 6.07) is 3.88. The van der Waals surface area contributed by atoms with E-state index in [1.54, 1.807) is 18.4 Å². The monoisotopic (exact) mass is 316 g/mol. The summed E-state index contributed by atoms with van der Waals surface area (Å²) in [6.07, 6.45) is 1.11. The van der Waals surface area contributed by atoms with Crippen LogP contribution in [0.5, 0.6) is 0 Å². The number of thiophene rings is 1. The Balaban J connectivity index is 1.95. The van der Waals surface area contributed by atoms with Crippen LogP contribution in [-0.4, -0.2) is 30.3 Å². The van der Waals surface area contributed by atoms with E-state index in [1.165, 1.54) is 17.7 Å². The van der Waals surface area contributed by atoms with E-state index in [0.29, 0.717) is 5.92 Å². The van der Waals surface area contributed by atoms with Crippen LogP contribution in [0.1, 0.15) is 20.3 Å². The summed E-state index contributed by atoms with van der Waals surface area (Å²) in [5.74, 6) is 1.31. The van der Waals surface area contributed by atoms with Gasteiger partial charge in [-0.15, -0.1) is 11.3 Å². The second kappa shape index (κ2) is 6.63. The number of nitrogens with one attached hydrogen (secondary N) is 1. The summed E-state index contributed by atoms with van der Waals surface area (Å²) in [7, 11) is 1.77. The van der Waals surface area contributed by atoms with E-state index in [2.05, 4.69) is 28.7 Å². The van der Waals surface area contributed by atoms with Crippen molar-refractivity contribution in [2.45, 2.75) is 24.5 Å². The number of nitrogens with zero attached hydrogens (tertiary/aromatic N) is 3. The highest BCUT2D eigenvalue weighted by molar-refractivity contribution is 7.99. The molecule has 0 aromatic carbocycles. The summed E-state index contributed by atoms with van der Waals surface area (Å²) in [4.78, 5) is 4.27. The van der Waals surface area contributed by atoms with Crippen LogP contribution in [0.15, 0.2) is 26.4 Å². The van der Waals surface area contributed by atoms with Crippen LogP contribution < -0.4 is 4.72 Å². The summed E-state index contributed by atoms with van der Waals surface area (Å²) in [5.41, 5.74) is 1.18. The lowest BCUT2D eigenvalue weighted by molar-refractivity contribution is 0.432. The predicted octanol–water partition coefficient (Wildman–Crippen LogP) is 3.70. The number of aliphatic imine (C=N–C) groups is 1. The maximum absolute atomic E-state index is 5.91. The van der Waals surface area contributed by atoms with Gasteiger partial charge in [0.1, 0.15) is 0 Å². The zero-order valence-electron chi connectivity index (χ0n) is 11.2. The Kier molecular flexibility index (Phi) is 5.13. The van der Waals surface area contributed by atoms with E-state index in [4.69, 9.17) is 11.6 Å². The lowest BCUT2D eigenvalue weighted by Crippen LogP contribution is -2.34. The zero-order valence-corrected chi connectivity index (χ0v) is 13.6. The molecule has 0 spiro atoms. The van der Waals surface area contributed by atoms with E-state index in [1.807, 2.05) is 17.1 Å². The molecule has 1 aliphatic heterocycles. The Morgan fingerprint density at radius 2 is 2.47 bits per heavy atom. The topological polar surface area (TPSA) is 40.0 Å². The average Bonchev–Trinajstić information content (AvgIpc) is 2.96. The second-order valence-corrected chi connectivity index (χ2v) is 7.06. The molecule has 1 N–H and O–H groups in total. The van der Waals surface area contributed by atoms with E-state index >= 15 is 0 Å². The summed E-state index contributed by atoms with van der Waals surface area (Å²) < 4.78 is 5.14. The maximum atomic E-state index is 5.91. The van der Waals surface area contributed by atoms with Gasteiger partial charge in [0.05, 0.1) is 15.1 Å². The number of hydrogen-bond acceptors (Lipinski definition) is 4. The van der Waals surface area contributed by atoms with Crippen LogP contribution in [0.25, 0.3) is 0 Å². The molecule has 1 aliphatic rings. The smallest absolute Gasteiger partial charge is 0.225 e. The molecular formula is C12H17ClN4S2. The molecule has 1 atom stereocenters. The first kappa shape index (κ1) is 14.7. The van der Waals surface area contributed by atoms with Crippen molar-refractivity contribution in [3.05, 3.63) is 16.5 Å². The van der Waals surface area contributed by atoms with Crippen molar-refractivity contribution in [3.8, 4) is 0 Å². The van der Waals surface area contributed by atoms with Crippen LogP contribution >= 0.6 is 34.9 Å². The molecule has 1 aromatic heterocycles. The minimum absolute atomic E-state index is 0.528. The number of guanidine groups is 1. The maximum Gasteiger partial charge on any atom is 0.225 e. The lowest BCUT2D eigenvalue weighted by Gasteiger charge is -2.17. The van der Waals surface area contributed by atoms with Gasteiger partial charge in [-0.3, -0.25) is 9.71 Å². The molecule has 0 radical (unpaired) electrons. The van der Waals surface area contributed by atoms with Crippen LogP contribution in [-0.2, 0) is 0 Å². The molecule has 0 amide bonds. The molecule has 4 nitrogen and oxygen atoms in total. The predicted molar refractivity (Wildman–Crippen MR) is 85.3 cm³/mol. The van der Waals surface area contributed by atoms with Gasteiger partial charge in [0.2, 0.25) is 5.96 Å². The molecule has 1 aromatic rings. The third-order valence-corrected chi connectivity index (χ3v) is 5.15. The molecule has 2 rings (SSSR count). The summed E-state index contributed by atoms with van der Waals surface area (Å²) >= 11 is 8.97. The highest BCUT2D eigenvalue weighted by atomic mass is 35.5. The fourth-order valence-corrected chi connectivity index (χ4v) is 3.87. The molecule has 1 unspecified atom stereocenters. The van der Waals surface area contributed by atoms with Gasteiger partial charge in [-0.25, -0.2) is 5.01 Å². The van der Waals surface area contributed by atoms with Crippen molar-refractivity contribution in [2.75, 3.05) is 13.6 Å². The van der Waals surface area contributed by atoms with Gasteiger partial charge in [0.25, 0.3) is 0 Å². The number of halogens is 1. The third kappa shape index (κ3) is 3.64. The number of hydrazone groups is 1. The Bertz CT molecular complexity index is 498. The first-order valence-electron chi connectivity index (χ1n) is 6.11. The molecule has 0 bridgehead atoms. The van der Waals surface area contributed by atoms with Crippen LogP contribution in [0.2, 0.25) is 4.34 Å². The molecule has 0 saturated carbocycles. The Labute approximate surface area is 127 Å². The van der Waals surface area contributed by atoms with Gasteiger partial charge in [0.15, 0.2) is 0 Å². The molecule has 104 valence electrons. The van der Waals surface area contributed by atoms with Crippen molar-refractivity contribution >= 4 is 46.6 Å². The Hall–Kier alpha value is -0.720. The van der Waals surface area contributed by atoms with Gasteiger partial charge >= 0.3 is 0 Å². The van der Waals surface area contributed by atoms with Crippen LogP contribution in [0.4, 0.5) is 0 Å². The number of hydrogen-bond donors (Lipinski definition) is 1. The molecule has 0 aliphatic carbocycles. The van der Waals surface area contributed by atoms with E-state index in [-0.39, 0.29) is 0 Å². The van der Waals surface area contributed by atoms with Crippen LogP contribution in [0.3, 0.4) is 0 Å². The van der Waals surface area contributed by atoms with E-state index in [0.717, 1.165) is 27.5 Å². The summed E-state index contributed by atoms with van der Waals surface area (Å²) in [6.45, 7) is 5.16. The minimum Gasteiger partial charge on any atom is -0.294 e. The highest BCUT2D eigenvalue weighted by Gasteiger charge is 2.25. The van der Waals surface area contributed by atoms with Crippen molar-refractivity contribution in [2.24, 2.45) is 16.0 Å². The molecule has 7 heteroatoms. The largest absolute Gasteiger partial charge is 0.294 e. The molecule has 0 saturated heterocycles. The highest BCUT2D eigenvalue weighted by Crippen LogP contribution is 2.28. The zero-order chi connectivity index (χ0) is 13.8. The third-order valence-electron chi connectivity index (χ3n) is 3.00. The van der Waals surface area contributed by atoms with E-state index < -0.39 is 0 Å². The minimum atomic E-state index is 0.528. The first-order valence-corrected chi connectivity index (χ1v) is 8.12. The van der Waals surface area contributed by atoms with Crippen molar-refractivity contribution < 1.29 is 0 Å². The van der Waals surface area contributed by atoms with Gasteiger partial charge in [-0.2, -0.15) is 5.10 Å². The van der Waals surface area contributed by atoms with Crippen LogP contribution in [0, 0.1) is 5.92 Å². The average molecular weight is 317 g/mol. The second-order valence-electron chi connectivity index (χ2n) is 4.24. The number of rotatable bonds is 3. The van der Waals surface area contributed by atoms with Gasteiger partial charge in [0, 0.05) is 18.7 Å². The van der Waals surface area contributed by atoms with Gasteiger partial charge in [-0.1, -0.05) is 18.5 Å². The molecule has 0 fully saturated rings. The van der Waals surface area contributed by atoms with Crippen molar-refractivity contribution in [1.29, 1.82) is 0 Å². The Morgan fingerprint density at radius 3 is 3.00 bits per heavy atom. The summed E-state index contributed by atoms with van der Waals surface area (Å²) in [5, 5.41) is 6.49. The normalized spacial score (nSPS) is 19.8. The Morgan fingerprint density at radius 1 is 1.68 bits per heavy atom. The molecule has 2 heterocycles. The van der Waals surface area contributed by atoms with E-state index in [9.17, 15) is 0 Å². The first-order chi connectivity index (χ1) is 9.13. The van der Waals surface area contributed by atoms with Gasteiger partial charge in [-0.05, 0) is 37.4 Å². The SMILES string of the molecule is CCC1CN(C(=NC)NSc2ccc(Cl)s2)N=C1C. The van der Waals surface area contributed by atoms with Crippen molar-refractivity contribution in [3.63, 3.8) is 0 Å².